The molecule has 0 N–H and O–H groups in total. The summed E-state index contributed by atoms with van der Waals surface area (Å²) in [4.78, 5) is 13.0. The van der Waals surface area contributed by atoms with Crippen LogP contribution in [-0.4, -0.2) is 18.8 Å². The number of hydrogen-bond donors (Lipinski definition) is 0. The van der Waals surface area contributed by atoms with Crippen LogP contribution in [0.4, 0.5) is 0 Å². The molecular weight excluding hydrogens is 374 g/mol. The van der Waals surface area contributed by atoms with Gasteiger partial charge in [0.1, 0.15) is 11.5 Å². The number of methoxy groups -OCH3 is 2. The zero-order valence-corrected chi connectivity index (χ0v) is 17.3. The molecule has 150 valence electrons. The van der Waals surface area contributed by atoms with Gasteiger partial charge < -0.3 is 14.0 Å². The molecule has 4 aromatic rings. The summed E-state index contributed by atoms with van der Waals surface area (Å²) in [5.41, 5.74) is 5.10. The van der Waals surface area contributed by atoms with Crippen LogP contribution in [0.3, 0.4) is 0 Å². The fourth-order valence-electron chi connectivity index (χ4n) is 3.65. The molecule has 0 atom stereocenters. The lowest BCUT2D eigenvalue weighted by Crippen LogP contribution is -2.15. The van der Waals surface area contributed by atoms with Crippen molar-refractivity contribution in [3.8, 4) is 39.7 Å². The van der Waals surface area contributed by atoms with Gasteiger partial charge in [-0.25, -0.2) is 0 Å². The summed E-state index contributed by atoms with van der Waals surface area (Å²) in [6.45, 7) is 1.87. The maximum atomic E-state index is 13.0. The Kier molecular flexibility index (Phi) is 5.40. The standard InChI is InChI=1S/C26H23NO3/c1-18-25(28)17-24(19-10-6-4-7-11-19)27(26(18)20-12-8-5-9-13-20)21-14-22(29-2)16-23(15-21)30-3/h4-17H,1-3H3. The van der Waals surface area contributed by atoms with Crippen molar-refractivity contribution < 1.29 is 9.47 Å². The molecule has 1 aromatic heterocycles. The summed E-state index contributed by atoms with van der Waals surface area (Å²) >= 11 is 0. The minimum atomic E-state index is -0.00110. The average Bonchev–Trinajstić information content (AvgIpc) is 2.81. The third kappa shape index (κ3) is 3.60. The summed E-state index contributed by atoms with van der Waals surface area (Å²) in [5.74, 6) is 1.36. The molecule has 0 amide bonds. The molecule has 0 bridgehead atoms. The molecule has 4 heteroatoms. The predicted molar refractivity (Wildman–Crippen MR) is 121 cm³/mol. The molecule has 0 saturated heterocycles. The Morgan fingerprint density at radius 2 is 1.23 bits per heavy atom. The maximum absolute atomic E-state index is 13.0. The molecule has 3 aromatic carbocycles. The zero-order valence-electron chi connectivity index (χ0n) is 17.3. The molecule has 0 aliphatic carbocycles. The zero-order chi connectivity index (χ0) is 21.1. The number of benzene rings is 3. The number of nitrogens with zero attached hydrogens (tertiary/aromatic N) is 1. The van der Waals surface area contributed by atoms with Gasteiger partial charge in [-0.2, -0.15) is 0 Å². The number of rotatable bonds is 5. The Labute approximate surface area is 176 Å². The monoisotopic (exact) mass is 397 g/mol. The molecule has 0 radical (unpaired) electrons. The van der Waals surface area contributed by atoms with Crippen LogP contribution in [0, 0.1) is 6.92 Å². The first-order valence-electron chi connectivity index (χ1n) is 9.73. The summed E-state index contributed by atoms with van der Waals surface area (Å²) in [5, 5.41) is 0. The molecule has 0 fully saturated rings. The highest BCUT2D eigenvalue weighted by molar-refractivity contribution is 5.74. The van der Waals surface area contributed by atoms with E-state index < -0.39 is 0 Å². The van der Waals surface area contributed by atoms with Gasteiger partial charge >= 0.3 is 0 Å². The average molecular weight is 397 g/mol. The summed E-state index contributed by atoms with van der Waals surface area (Å²) in [7, 11) is 3.26. The van der Waals surface area contributed by atoms with E-state index >= 15 is 0 Å². The van der Waals surface area contributed by atoms with Crippen molar-refractivity contribution in [1.29, 1.82) is 0 Å². The van der Waals surface area contributed by atoms with Gasteiger partial charge in [-0.05, 0) is 18.1 Å². The lowest BCUT2D eigenvalue weighted by atomic mass is 10.0. The van der Waals surface area contributed by atoms with Gasteiger partial charge in [0.2, 0.25) is 0 Å². The van der Waals surface area contributed by atoms with Gasteiger partial charge in [0.15, 0.2) is 5.43 Å². The third-order valence-corrected chi connectivity index (χ3v) is 5.17. The van der Waals surface area contributed by atoms with E-state index in [4.69, 9.17) is 9.47 Å². The van der Waals surface area contributed by atoms with Crippen molar-refractivity contribution in [2.45, 2.75) is 6.92 Å². The Bertz CT molecular complexity index is 1210. The number of aromatic nitrogens is 1. The van der Waals surface area contributed by atoms with Crippen LogP contribution in [0.2, 0.25) is 0 Å². The second kappa shape index (κ2) is 8.29. The Morgan fingerprint density at radius 1 is 0.700 bits per heavy atom. The quantitative estimate of drug-likeness (QED) is 0.447. The van der Waals surface area contributed by atoms with Crippen LogP contribution in [0.25, 0.3) is 28.2 Å². The minimum absolute atomic E-state index is 0.00110. The van der Waals surface area contributed by atoms with Crippen molar-refractivity contribution in [3.63, 3.8) is 0 Å². The summed E-state index contributed by atoms with van der Waals surface area (Å²) in [6, 6.07) is 27.3. The SMILES string of the molecule is COc1cc(OC)cc(-n2c(-c3ccccc3)cc(=O)c(C)c2-c2ccccc2)c1. The normalized spacial score (nSPS) is 10.6. The topological polar surface area (TPSA) is 40.5 Å². The van der Waals surface area contributed by atoms with E-state index in [1.165, 1.54) is 0 Å². The van der Waals surface area contributed by atoms with Gasteiger partial charge in [0.25, 0.3) is 0 Å². The van der Waals surface area contributed by atoms with E-state index in [0.29, 0.717) is 17.1 Å². The number of pyridine rings is 1. The molecule has 1 heterocycles. The first-order valence-corrected chi connectivity index (χ1v) is 9.73. The Balaban J connectivity index is 2.15. The van der Waals surface area contributed by atoms with Crippen molar-refractivity contribution in [1.82, 2.24) is 4.57 Å². The third-order valence-electron chi connectivity index (χ3n) is 5.17. The molecule has 4 nitrogen and oxygen atoms in total. The van der Waals surface area contributed by atoms with Crippen LogP contribution >= 0.6 is 0 Å². The van der Waals surface area contributed by atoms with Crippen LogP contribution in [0.5, 0.6) is 11.5 Å². The summed E-state index contributed by atoms with van der Waals surface area (Å²) < 4.78 is 13.1. The molecule has 30 heavy (non-hydrogen) atoms. The highest BCUT2D eigenvalue weighted by Gasteiger charge is 2.18. The smallest absolute Gasteiger partial charge is 0.185 e. The second-order valence-corrected chi connectivity index (χ2v) is 7.01. The molecule has 4 rings (SSSR count). The van der Waals surface area contributed by atoms with Gasteiger partial charge in [-0.15, -0.1) is 0 Å². The maximum Gasteiger partial charge on any atom is 0.185 e. The summed E-state index contributed by atoms with van der Waals surface area (Å²) in [6.07, 6.45) is 0. The predicted octanol–water partition coefficient (Wildman–Crippen LogP) is 5.50. The van der Waals surface area contributed by atoms with Crippen LogP contribution in [0.1, 0.15) is 5.56 Å². The first kappa shape index (κ1) is 19.5. The van der Waals surface area contributed by atoms with E-state index in [9.17, 15) is 4.79 Å². The molecule has 0 aliphatic rings. The Hall–Kier alpha value is -3.79. The van der Waals surface area contributed by atoms with Crippen molar-refractivity contribution in [2.75, 3.05) is 14.2 Å². The van der Waals surface area contributed by atoms with Crippen molar-refractivity contribution in [3.05, 3.63) is 101 Å². The van der Waals surface area contributed by atoms with E-state index in [0.717, 1.165) is 28.2 Å². The van der Waals surface area contributed by atoms with E-state index in [2.05, 4.69) is 4.57 Å². The molecule has 0 saturated carbocycles. The van der Waals surface area contributed by atoms with Crippen molar-refractivity contribution in [2.24, 2.45) is 0 Å². The van der Waals surface area contributed by atoms with Crippen LogP contribution in [-0.2, 0) is 0 Å². The highest BCUT2D eigenvalue weighted by Crippen LogP contribution is 2.34. The van der Waals surface area contributed by atoms with Crippen LogP contribution < -0.4 is 14.9 Å². The largest absolute Gasteiger partial charge is 0.497 e. The lowest BCUT2D eigenvalue weighted by Gasteiger charge is -2.22. The van der Waals surface area contributed by atoms with Crippen LogP contribution in [0.15, 0.2) is 89.7 Å². The highest BCUT2D eigenvalue weighted by atomic mass is 16.5. The van der Waals surface area contributed by atoms with Gasteiger partial charge in [-0.3, -0.25) is 4.79 Å². The lowest BCUT2D eigenvalue weighted by molar-refractivity contribution is 0.394. The van der Waals surface area contributed by atoms with Crippen molar-refractivity contribution >= 4 is 0 Å². The van der Waals surface area contributed by atoms with Gasteiger partial charge in [0.05, 0.1) is 31.3 Å². The number of hydrogen-bond acceptors (Lipinski definition) is 3. The van der Waals surface area contributed by atoms with Gasteiger partial charge in [-0.1, -0.05) is 60.7 Å². The fourth-order valence-corrected chi connectivity index (χ4v) is 3.65. The Morgan fingerprint density at radius 3 is 1.77 bits per heavy atom. The molecule has 0 aliphatic heterocycles. The van der Waals surface area contributed by atoms with E-state index in [1.54, 1.807) is 20.3 Å². The molecular formula is C26H23NO3. The molecule has 0 unspecified atom stereocenters. The fraction of sp³-hybridized carbons (Fsp3) is 0.115. The van der Waals surface area contributed by atoms with E-state index in [1.807, 2.05) is 85.8 Å². The minimum Gasteiger partial charge on any atom is -0.497 e. The van der Waals surface area contributed by atoms with E-state index in [-0.39, 0.29) is 5.43 Å². The first-order chi connectivity index (χ1) is 14.6. The molecule has 0 spiro atoms. The number of ether oxygens (including phenoxy) is 2. The van der Waals surface area contributed by atoms with Gasteiger partial charge in [0, 0.05) is 29.8 Å². The second-order valence-electron chi connectivity index (χ2n) is 7.01.